The highest BCUT2D eigenvalue weighted by molar-refractivity contribution is 7.09. The molecule has 20 heavy (non-hydrogen) atoms. The average molecular weight is 290 g/mol. The minimum Gasteiger partial charge on any atom is -0.345 e. The molecule has 2 fully saturated rings. The van der Waals surface area contributed by atoms with Crippen LogP contribution in [0.3, 0.4) is 0 Å². The van der Waals surface area contributed by atoms with E-state index in [-0.39, 0.29) is 0 Å². The van der Waals surface area contributed by atoms with E-state index in [1.165, 1.54) is 30.1 Å². The number of rotatable bonds is 4. The molecule has 0 bridgehead atoms. The van der Waals surface area contributed by atoms with Crippen LogP contribution in [0.5, 0.6) is 0 Å². The number of nitrogens with zero attached hydrogens (tertiary/aromatic N) is 6. The van der Waals surface area contributed by atoms with Gasteiger partial charge in [0.1, 0.15) is 5.82 Å². The van der Waals surface area contributed by atoms with Crippen molar-refractivity contribution in [2.75, 3.05) is 18.0 Å². The molecule has 1 atom stereocenters. The SMILES string of the molecule is CCc1nsc(N2CCC(n3cc(C4CC4)nn3)C2)n1. The largest absolute Gasteiger partial charge is 0.345 e. The fourth-order valence-electron chi connectivity index (χ4n) is 2.68. The summed E-state index contributed by atoms with van der Waals surface area (Å²) < 4.78 is 6.42. The zero-order valence-corrected chi connectivity index (χ0v) is 12.4. The molecule has 1 saturated heterocycles. The molecule has 6 nitrogen and oxygen atoms in total. The Morgan fingerprint density at radius 3 is 3.00 bits per heavy atom. The van der Waals surface area contributed by atoms with Gasteiger partial charge in [0, 0.05) is 43.2 Å². The molecule has 1 aliphatic carbocycles. The normalized spacial score (nSPS) is 22.6. The van der Waals surface area contributed by atoms with Crippen LogP contribution in [-0.2, 0) is 6.42 Å². The van der Waals surface area contributed by atoms with E-state index in [1.54, 1.807) is 0 Å². The third-order valence-corrected chi connectivity index (χ3v) is 4.92. The molecule has 4 rings (SSSR count). The predicted octanol–water partition coefficient (Wildman–Crippen LogP) is 2.02. The standard InChI is InChI=1S/C13H18N6S/c1-2-12-14-13(20-16-12)18-6-5-10(7-18)19-8-11(15-17-19)9-3-4-9/h8-10H,2-7H2,1H3. The molecule has 0 radical (unpaired) electrons. The van der Waals surface area contributed by atoms with Crippen LogP contribution < -0.4 is 4.90 Å². The summed E-state index contributed by atoms with van der Waals surface area (Å²) in [6.07, 6.45) is 6.71. The van der Waals surface area contributed by atoms with Crippen LogP contribution in [0.2, 0.25) is 0 Å². The summed E-state index contributed by atoms with van der Waals surface area (Å²) in [5.74, 6) is 1.63. The minimum atomic E-state index is 0.420. The van der Waals surface area contributed by atoms with E-state index in [2.05, 4.69) is 42.4 Å². The lowest BCUT2D eigenvalue weighted by atomic mass is 10.2. The Kier molecular flexibility index (Phi) is 2.94. The molecular weight excluding hydrogens is 272 g/mol. The Labute approximate surface area is 122 Å². The van der Waals surface area contributed by atoms with Crippen molar-refractivity contribution in [2.45, 2.75) is 44.6 Å². The Morgan fingerprint density at radius 2 is 2.25 bits per heavy atom. The smallest absolute Gasteiger partial charge is 0.205 e. The van der Waals surface area contributed by atoms with Crippen molar-refractivity contribution >= 4 is 16.7 Å². The maximum absolute atomic E-state index is 4.57. The predicted molar refractivity (Wildman–Crippen MR) is 77.2 cm³/mol. The van der Waals surface area contributed by atoms with Gasteiger partial charge in [-0.3, -0.25) is 0 Å². The number of hydrogen-bond acceptors (Lipinski definition) is 6. The second kappa shape index (κ2) is 4.80. The van der Waals surface area contributed by atoms with E-state index in [0.717, 1.165) is 36.9 Å². The van der Waals surface area contributed by atoms with Crippen LogP contribution in [0.1, 0.15) is 49.7 Å². The molecule has 7 heteroatoms. The van der Waals surface area contributed by atoms with Crippen molar-refractivity contribution in [2.24, 2.45) is 0 Å². The molecule has 1 aliphatic heterocycles. The molecule has 0 spiro atoms. The van der Waals surface area contributed by atoms with E-state index < -0.39 is 0 Å². The van der Waals surface area contributed by atoms with Crippen LogP contribution in [0.15, 0.2) is 6.20 Å². The Bertz CT molecular complexity index is 602. The van der Waals surface area contributed by atoms with Gasteiger partial charge in [0.25, 0.3) is 0 Å². The van der Waals surface area contributed by atoms with Gasteiger partial charge >= 0.3 is 0 Å². The van der Waals surface area contributed by atoms with E-state index >= 15 is 0 Å². The van der Waals surface area contributed by atoms with Gasteiger partial charge in [-0.1, -0.05) is 12.1 Å². The van der Waals surface area contributed by atoms with Crippen molar-refractivity contribution in [3.05, 3.63) is 17.7 Å². The van der Waals surface area contributed by atoms with Crippen molar-refractivity contribution in [1.29, 1.82) is 0 Å². The van der Waals surface area contributed by atoms with Gasteiger partial charge in [0.15, 0.2) is 0 Å². The van der Waals surface area contributed by atoms with Crippen LogP contribution >= 0.6 is 11.5 Å². The molecule has 2 aromatic heterocycles. The number of hydrogen-bond donors (Lipinski definition) is 0. The molecule has 0 N–H and O–H groups in total. The molecular formula is C13H18N6S. The Hall–Kier alpha value is -1.50. The first-order valence-corrected chi connectivity index (χ1v) is 8.10. The van der Waals surface area contributed by atoms with Gasteiger partial charge in [-0.15, -0.1) is 5.10 Å². The first-order chi connectivity index (χ1) is 9.83. The van der Waals surface area contributed by atoms with Crippen molar-refractivity contribution in [1.82, 2.24) is 24.4 Å². The van der Waals surface area contributed by atoms with Crippen LogP contribution in [0.4, 0.5) is 5.13 Å². The minimum absolute atomic E-state index is 0.420. The molecule has 106 valence electrons. The highest BCUT2D eigenvalue weighted by atomic mass is 32.1. The van der Waals surface area contributed by atoms with Gasteiger partial charge in [-0.25, -0.2) is 9.67 Å². The molecule has 2 aliphatic rings. The van der Waals surface area contributed by atoms with E-state index in [1.807, 2.05) is 0 Å². The van der Waals surface area contributed by atoms with Gasteiger partial charge in [0.2, 0.25) is 5.13 Å². The second-order valence-electron chi connectivity index (χ2n) is 5.63. The van der Waals surface area contributed by atoms with Crippen LogP contribution in [-0.4, -0.2) is 37.4 Å². The van der Waals surface area contributed by atoms with Gasteiger partial charge in [-0.05, 0) is 19.3 Å². The number of anilines is 1. The van der Waals surface area contributed by atoms with E-state index in [0.29, 0.717) is 12.0 Å². The zero-order valence-electron chi connectivity index (χ0n) is 11.6. The van der Waals surface area contributed by atoms with Crippen molar-refractivity contribution in [3.63, 3.8) is 0 Å². The van der Waals surface area contributed by atoms with Crippen LogP contribution in [0, 0.1) is 0 Å². The number of aromatic nitrogens is 5. The summed E-state index contributed by atoms with van der Waals surface area (Å²) in [6.45, 7) is 4.08. The summed E-state index contributed by atoms with van der Waals surface area (Å²) in [4.78, 5) is 6.89. The fourth-order valence-corrected chi connectivity index (χ4v) is 3.47. The fraction of sp³-hybridized carbons (Fsp3) is 0.692. The first-order valence-electron chi connectivity index (χ1n) is 7.32. The molecule has 1 unspecified atom stereocenters. The van der Waals surface area contributed by atoms with E-state index in [4.69, 9.17) is 0 Å². The first kappa shape index (κ1) is 12.3. The van der Waals surface area contributed by atoms with Crippen molar-refractivity contribution < 1.29 is 0 Å². The summed E-state index contributed by atoms with van der Waals surface area (Å²) in [5.41, 5.74) is 1.17. The molecule has 2 aromatic rings. The summed E-state index contributed by atoms with van der Waals surface area (Å²) in [5, 5.41) is 9.67. The number of aryl methyl sites for hydroxylation is 1. The molecule has 0 amide bonds. The Balaban J connectivity index is 1.46. The van der Waals surface area contributed by atoms with Crippen molar-refractivity contribution in [3.8, 4) is 0 Å². The zero-order chi connectivity index (χ0) is 13.5. The average Bonchev–Trinajstić information content (AvgIpc) is 2.93. The lowest BCUT2D eigenvalue weighted by molar-refractivity contribution is 0.479. The van der Waals surface area contributed by atoms with Gasteiger partial charge in [0.05, 0.1) is 11.7 Å². The van der Waals surface area contributed by atoms with Crippen LogP contribution in [0.25, 0.3) is 0 Å². The monoisotopic (exact) mass is 290 g/mol. The summed E-state index contributed by atoms with van der Waals surface area (Å²) >= 11 is 1.51. The maximum Gasteiger partial charge on any atom is 0.205 e. The van der Waals surface area contributed by atoms with Gasteiger partial charge in [-0.2, -0.15) is 4.37 Å². The Morgan fingerprint density at radius 1 is 1.35 bits per heavy atom. The third kappa shape index (κ3) is 2.19. The molecule has 3 heterocycles. The summed E-state index contributed by atoms with van der Waals surface area (Å²) in [7, 11) is 0. The second-order valence-corrected chi connectivity index (χ2v) is 6.36. The third-order valence-electron chi connectivity index (χ3n) is 4.11. The topological polar surface area (TPSA) is 59.7 Å². The lowest BCUT2D eigenvalue weighted by Gasteiger charge is -2.13. The summed E-state index contributed by atoms with van der Waals surface area (Å²) in [6, 6.07) is 0.420. The van der Waals surface area contributed by atoms with Gasteiger partial charge < -0.3 is 4.90 Å². The van der Waals surface area contributed by atoms with E-state index in [9.17, 15) is 0 Å². The molecule has 0 aromatic carbocycles. The maximum atomic E-state index is 4.57. The highest BCUT2D eigenvalue weighted by Gasteiger charge is 2.30. The lowest BCUT2D eigenvalue weighted by Crippen LogP contribution is -2.21. The highest BCUT2D eigenvalue weighted by Crippen LogP contribution is 2.39. The quantitative estimate of drug-likeness (QED) is 0.862. The molecule has 1 saturated carbocycles.